The molecule has 1 unspecified atom stereocenters. The van der Waals surface area contributed by atoms with E-state index in [0.717, 1.165) is 10.7 Å². The molecule has 1 aromatic carbocycles. The molecule has 3 rings (SSSR count). The van der Waals surface area contributed by atoms with Crippen LogP contribution in [-0.2, 0) is 5.72 Å². The molecular weight excluding hydrogens is 306 g/mol. The molecule has 1 N–H and O–H groups in total. The minimum absolute atomic E-state index is 0.269. The molecule has 1 atom stereocenters. The van der Waals surface area contributed by atoms with Gasteiger partial charge in [-0.3, -0.25) is 9.78 Å². The standard InChI is InChI=1S/C18H19N3O3/c1-3-15-11-18(23,14-7-5-9-19-12-14)21(20-15)17(22)13-6-4-8-16(10-13)24-2/h4-10,12,23H,3,11H2,1-2H3. The van der Waals surface area contributed by atoms with E-state index < -0.39 is 5.72 Å². The van der Waals surface area contributed by atoms with Crippen LogP contribution in [0.4, 0.5) is 0 Å². The first kappa shape index (κ1) is 16.1. The van der Waals surface area contributed by atoms with Crippen LogP contribution in [0, 0.1) is 0 Å². The molecule has 124 valence electrons. The second-order valence-corrected chi connectivity index (χ2v) is 5.60. The smallest absolute Gasteiger partial charge is 0.277 e. The SMILES string of the molecule is CCC1=NN(C(=O)c2cccc(OC)c2)C(O)(c2cccnc2)C1. The fourth-order valence-corrected chi connectivity index (χ4v) is 2.73. The number of hydrogen-bond acceptors (Lipinski definition) is 5. The first-order chi connectivity index (χ1) is 11.6. The minimum Gasteiger partial charge on any atom is -0.497 e. The molecule has 1 aliphatic rings. The van der Waals surface area contributed by atoms with Crippen molar-refractivity contribution in [1.82, 2.24) is 9.99 Å². The van der Waals surface area contributed by atoms with Crippen LogP contribution in [0.5, 0.6) is 5.75 Å². The molecule has 0 fully saturated rings. The molecule has 6 nitrogen and oxygen atoms in total. The third-order valence-electron chi connectivity index (χ3n) is 4.08. The number of amides is 1. The Morgan fingerprint density at radius 1 is 1.38 bits per heavy atom. The second kappa shape index (κ2) is 6.41. The number of carbonyl (C=O) groups is 1. The molecule has 6 heteroatoms. The summed E-state index contributed by atoms with van der Waals surface area (Å²) in [5, 5.41) is 16.7. The lowest BCUT2D eigenvalue weighted by atomic mass is 9.97. The number of aromatic nitrogens is 1. The van der Waals surface area contributed by atoms with Crippen molar-refractivity contribution in [2.75, 3.05) is 7.11 Å². The number of pyridine rings is 1. The number of ether oxygens (including phenoxy) is 1. The maximum atomic E-state index is 12.9. The number of rotatable bonds is 4. The fraction of sp³-hybridized carbons (Fsp3) is 0.278. The Morgan fingerprint density at radius 2 is 2.21 bits per heavy atom. The average molecular weight is 325 g/mol. The summed E-state index contributed by atoms with van der Waals surface area (Å²) in [4.78, 5) is 17.0. The fourth-order valence-electron chi connectivity index (χ4n) is 2.73. The first-order valence-electron chi connectivity index (χ1n) is 7.76. The van der Waals surface area contributed by atoms with Crippen LogP contribution in [0.1, 0.15) is 35.7 Å². The van der Waals surface area contributed by atoms with Crippen LogP contribution in [0.2, 0.25) is 0 Å². The number of carbonyl (C=O) groups excluding carboxylic acids is 1. The van der Waals surface area contributed by atoms with Crippen LogP contribution in [0.25, 0.3) is 0 Å². The Hall–Kier alpha value is -2.73. The van der Waals surface area contributed by atoms with E-state index in [2.05, 4.69) is 10.1 Å². The van der Waals surface area contributed by atoms with Gasteiger partial charge in [-0.05, 0) is 30.7 Å². The van der Waals surface area contributed by atoms with Crippen molar-refractivity contribution in [1.29, 1.82) is 0 Å². The maximum Gasteiger partial charge on any atom is 0.277 e. The second-order valence-electron chi connectivity index (χ2n) is 5.60. The third kappa shape index (κ3) is 2.76. The molecule has 0 bridgehead atoms. The van der Waals surface area contributed by atoms with Crippen molar-refractivity contribution in [3.05, 3.63) is 59.9 Å². The number of benzene rings is 1. The van der Waals surface area contributed by atoms with Crippen molar-refractivity contribution >= 4 is 11.6 Å². The molecule has 0 spiro atoms. The number of aliphatic hydroxyl groups is 1. The molecule has 0 radical (unpaired) electrons. The van der Waals surface area contributed by atoms with Gasteiger partial charge in [-0.25, -0.2) is 0 Å². The molecule has 2 heterocycles. The van der Waals surface area contributed by atoms with Gasteiger partial charge in [0.05, 0.1) is 7.11 Å². The molecule has 1 aliphatic heterocycles. The molecular formula is C18H19N3O3. The molecule has 1 amide bonds. The molecule has 24 heavy (non-hydrogen) atoms. The predicted molar refractivity (Wildman–Crippen MR) is 89.6 cm³/mol. The summed E-state index contributed by atoms with van der Waals surface area (Å²) in [6.45, 7) is 1.95. The molecule has 0 saturated heterocycles. The van der Waals surface area contributed by atoms with Gasteiger partial charge in [0.2, 0.25) is 0 Å². The lowest BCUT2D eigenvalue weighted by molar-refractivity contribution is -0.0768. The Balaban J connectivity index is 2.01. The molecule has 0 aliphatic carbocycles. The molecule has 2 aromatic rings. The third-order valence-corrected chi connectivity index (χ3v) is 4.08. The lowest BCUT2D eigenvalue weighted by Crippen LogP contribution is -2.43. The molecule has 1 aromatic heterocycles. The van der Waals surface area contributed by atoms with Gasteiger partial charge in [-0.15, -0.1) is 0 Å². The highest BCUT2D eigenvalue weighted by atomic mass is 16.5. The largest absolute Gasteiger partial charge is 0.497 e. The average Bonchev–Trinajstić information content (AvgIpc) is 3.00. The van der Waals surface area contributed by atoms with Gasteiger partial charge in [0, 0.05) is 35.7 Å². The summed E-state index contributed by atoms with van der Waals surface area (Å²) in [6, 6.07) is 10.3. The zero-order chi connectivity index (χ0) is 17.2. The van der Waals surface area contributed by atoms with Crippen LogP contribution in [0.3, 0.4) is 0 Å². The van der Waals surface area contributed by atoms with Gasteiger partial charge in [0.1, 0.15) is 5.75 Å². The summed E-state index contributed by atoms with van der Waals surface area (Å²) >= 11 is 0. The quantitative estimate of drug-likeness (QED) is 0.937. The van der Waals surface area contributed by atoms with Gasteiger partial charge >= 0.3 is 0 Å². The minimum atomic E-state index is -1.53. The summed E-state index contributed by atoms with van der Waals surface area (Å²) in [6.07, 6.45) is 4.10. The van der Waals surface area contributed by atoms with Crippen molar-refractivity contribution in [3.63, 3.8) is 0 Å². The van der Waals surface area contributed by atoms with E-state index in [1.807, 2.05) is 6.92 Å². The molecule has 0 saturated carbocycles. The summed E-state index contributed by atoms with van der Waals surface area (Å²) in [7, 11) is 1.54. The van der Waals surface area contributed by atoms with Crippen molar-refractivity contribution in [3.8, 4) is 5.75 Å². The number of nitrogens with zero attached hydrogens (tertiary/aromatic N) is 3. The van der Waals surface area contributed by atoms with Crippen LogP contribution >= 0.6 is 0 Å². The van der Waals surface area contributed by atoms with Crippen LogP contribution in [-0.4, -0.2) is 33.8 Å². The van der Waals surface area contributed by atoms with Crippen molar-refractivity contribution in [2.24, 2.45) is 5.10 Å². The number of hydrogen-bond donors (Lipinski definition) is 1. The van der Waals surface area contributed by atoms with E-state index in [1.54, 1.807) is 55.9 Å². The Kier molecular flexibility index (Phi) is 4.31. The predicted octanol–water partition coefficient (Wildman–Crippen LogP) is 2.55. The normalized spacial score (nSPS) is 20.0. The van der Waals surface area contributed by atoms with Gasteiger partial charge in [0.15, 0.2) is 5.72 Å². The Morgan fingerprint density at radius 3 is 2.88 bits per heavy atom. The highest BCUT2D eigenvalue weighted by Crippen LogP contribution is 2.36. The van der Waals surface area contributed by atoms with E-state index in [0.29, 0.717) is 23.3 Å². The summed E-state index contributed by atoms with van der Waals surface area (Å²) in [5.41, 5.74) is 0.170. The van der Waals surface area contributed by atoms with Gasteiger partial charge in [0.25, 0.3) is 5.91 Å². The zero-order valence-electron chi connectivity index (χ0n) is 13.6. The number of methoxy groups -OCH3 is 1. The van der Waals surface area contributed by atoms with E-state index in [-0.39, 0.29) is 12.3 Å². The van der Waals surface area contributed by atoms with Crippen molar-refractivity contribution in [2.45, 2.75) is 25.5 Å². The van der Waals surface area contributed by atoms with Gasteiger partial charge in [-0.1, -0.05) is 19.1 Å². The highest BCUT2D eigenvalue weighted by Gasteiger charge is 2.45. The van der Waals surface area contributed by atoms with Gasteiger partial charge in [-0.2, -0.15) is 10.1 Å². The zero-order valence-corrected chi connectivity index (χ0v) is 13.6. The Bertz CT molecular complexity index is 776. The first-order valence-corrected chi connectivity index (χ1v) is 7.76. The van der Waals surface area contributed by atoms with E-state index in [1.165, 1.54) is 0 Å². The maximum absolute atomic E-state index is 12.9. The Labute approximate surface area is 140 Å². The number of hydrazone groups is 1. The topological polar surface area (TPSA) is 75.0 Å². The monoisotopic (exact) mass is 325 g/mol. The van der Waals surface area contributed by atoms with E-state index >= 15 is 0 Å². The van der Waals surface area contributed by atoms with Crippen molar-refractivity contribution < 1.29 is 14.6 Å². The summed E-state index contributed by atoms with van der Waals surface area (Å²) in [5.74, 6) is 0.188. The summed E-state index contributed by atoms with van der Waals surface area (Å²) < 4.78 is 5.17. The van der Waals surface area contributed by atoms with Crippen LogP contribution in [0.15, 0.2) is 53.9 Å². The van der Waals surface area contributed by atoms with E-state index in [9.17, 15) is 9.90 Å². The van der Waals surface area contributed by atoms with E-state index in [4.69, 9.17) is 4.74 Å². The van der Waals surface area contributed by atoms with Gasteiger partial charge < -0.3 is 9.84 Å². The lowest BCUT2D eigenvalue weighted by Gasteiger charge is -2.31. The highest BCUT2D eigenvalue weighted by molar-refractivity contribution is 5.98. The van der Waals surface area contributed by atoms with Crippen LogP contribution < -0.4 is 4.74 Å².